The van der Waals surface area contributed by atoms with Crippen LogP contribution in [0.25, 0.3) is 0 Å². The van der Waals surface area contributed by atoms with E-state index in [2.05, 4.69) is 16.0 Å². The van der Waals surface area contributed by atoms with Gasteiger partial charge in [-0.25, -0.2) is 4.39 Å². The molecule has 1 aliphatic heterocycles. The van der Waals surface area contributed by atoms with E-state index in [1.807, 2.05) is 13.8 Å². The maximum absolute atomic E-state index is 13.7. The van der Waals surface area contributed by atoms with Crippen LogP contribution in [-0.4, -0.2) is 37.0 Å². The maximum Gasteiger partial charge on any atom is 0.254 e. The zero-order valence-electron chi connectivity index (χ0n) is 13.6. The Morgan fingerprint density at radius 2 is 2.09 bits per heavy atom. The van der Waals surface area contributed by atoms with Gasteiger partial charge in [-0.15, -0.1) is 0 Å². The number of carbonyl (C=O) groups excluding carboxylic acids is 2. The fourth-order valence-electron chi connectivity index (χ4n) is 2.66. The summed E-state index contributed by atoms with van der Waals surface area (Å²) in [6.07, 6.45) is 2.15. The normalized spacial score (nSPS) is 18.7. The van der Waals surface area contributed by atoms with Crippen LogP contribution in [0.4, 0.5) is 4.39 Å². The van der Waals surface area contributed by atoms with Gasteiger partial charge in [0.15, 0.2) is 0 Å². The van der Waals surface area contributed by atoms with Gasteiger partial charge in [-0.3, -0.25) is 9.59 Å². The van der Waals surface area contributed by atoms with Crippen LogP contribution in [0, 0.1) is 11.7 Å². The molecule has 2 rings (SSSR count). The highest BCUT2D eigenvalue weighted by molar-refractivity contribution is 5.97. The first kappa shape index (κ1) is 17.4. The molecule has 0 saturated carbocycles. The van der Waals surface area contributed by atoms with Gasteiger partial charge in [0.2, 0.25) is 5.91 Å². The molecule has 0 aromatic heterocycles. The first-order valence-electron chi connectivity index (χ1n) is 8.05. The molecule has 2 unspecified atom stereocenters. The summed E-state index contributed by atoms with van der Waals surface area (Å²) < 4.78 is 13.7. The molecule has 126 valence electrons. The zero-order valence-corrected chi connectivity index (χ0v) is 13.6. The van der Waals surface area contributed by atoms with E-state index in [9.17, 15) is 14.0 Å². The Morgan fingerprint density at radius 1 is 1.35 bits per heavy atom. The number of benzene rings is 1. The predicted molar refractivity (Wildman–Crippen MR) is 86.5 cm³/mol. The highest BCUT2D eigenvalue weighted by Gasteiger charge is 2.26. The molecule has 1 aromatic carbocycles. The molecule has 1 aliphatic rings. The quantitative estimate of drug-likeness (QED) is 0.743. The molecule has 2 atom stereocenters. The molecule has 0 aliphatic carbocycles. The van der Waals surface area contributed by atoms with Crippen LogP contribution < -0.4 is 16.0 Å². The van der Waals surface area contributed by atoms with Crippen LogP contribution >= 0.6 is 0 Å². The standard InChI is InChI=1S/C17H24FN3O2/c1-11(2)15(17(23)20-10-12-6-5-9-19-12)21-16(22)13-7-3-4-8-14(13)18/h3-4,7-8,11-12,15,19H,5-6,9-10H2,1-2H3,(H,20,23)(H,21,22). The summed E-state index contributed by atoms with van der Waals surface area (Å²) in [6.45, 7) is 5.20. The molecule has 3 N–H and O–H groups in total. The number of amides is 2. The first-order valence-corrected chi connectivity index (χ1v) is 8.05. The minimum atomic E-state index is -0.691. The van der Waals surface area contributed by atoms with Gasteiger partial charge in [-0.1, -0.05) is 26.0 Å². The van der Waals surface area contributed by atoms with Crippen molar-refractivity contribution in [1.29, 1.82) is 0 Å². The third-order valence-corrected chi connectivity index (χ3v) is 4.04. The van der Waals surface area contributed by atoms with Crippen LogP contribution in [0.15, 0.2) is 24.3 Å². The average molecular weight is 321 g/mol. The van der Waals surface area contributed by atoms with Crippen LogP contribution in [0.5, 0.6) is 0 Å². The van der Waals surface area contributed by atoms with Crippen molar-refractivity contribution in [3.63, 3.8) is 0 Å². The summed E-state index contributed by atoms with van der Waals surface area (Å²) >= 11 is 0. The van der Waals surface area contributed by atoms with Gasteiger partial charge in [0.25, 0.3) is 5.91 Å². The zero-order chi connectivity index (χ0) is 16.8. The molecule has 0 bridgehead atoms. The Balaban J connectivity index is 1.96. The lowest BCUT2D eigenvalue weighted by molar-refractivity contribution is -0.124. The molecular formula is C17H24FN3O2. The molecule has 0 spiro atoms. The van der Waals surface area contributed by atoms with E-state index >= 15 is 0 Å². The number of hydrogen-bond acceptors (Lipinski definition) is 3. The van der Waals surface area contributed by atoms with E-state index in [0.717, 1.165) is 19.4 Å². The van der Waals surface area contributed by atoms with Crippen molar-refractivity contribution in [2.24, 2.45) is 5.92 Å². The van der Waals surface area contributed by atoms with Crippen molar-refractivity contribution in [1.82, 2.24) is 16.0 Å². The topological polar surface area (TPSA) is 70.2 Å². The summed E-state index contributed by atoms with van der Waals surface area (Å²) in [5, 5.41) is 8.81. The molecule has 2 amide bonds. The van der Waals surface area contributed by atoms with Gasteiger partial charge >= 0.3 is 0 Å². The van der Waals surface area contributed by atoms with Crippen molar-refractivity contribution in [2.45, 2.75) is 38.8 Å². The molecule has 1 aromatic rings. The lowest BCUT2D eigenvalue weighted by Gasteiger charge is -2.23. The van der Waals surface area contributed by atoms with Gasteiger partial charge in [-0.2, -0.15) is 0 Å². The number of halogens is 1. The highest BCUT2D eigenvalue weighted by Crippen LogP contribution is 2.09. The lowest BCUT2D eigenvalue weighted by Crippen LogP contribution is -2.51. The minimum Gasteiger partial charge on any atom is -0.353 e. The second kappa shape index (κ2) is 8.06. The van der Waals surface area contributed by atoms with E-state index < -0.39 is 17.8 Å². The molecule has 1 saturated heterocycles. The molecule has 23 heavy (non-hydrogen) atoms. The van der Waals surface area contributed by atoms with Crippen molar-refractivity contribution in [3.8, 4) is 0 Å². The summed E-state index contributed by atoms with van der Waals surface area (Å²) in [7, 11) is 0. The van der Waals surface area contributed by atoms with Crippen molar-refractivity contribution < 1.29 is 14.0 Å². The lowest BCUT2D eigenvalue weighted by atomic mass is 10.0. The maximum atomic E-state index is 13.7. The Bertz CT molecular complexity index is 557. The van der Waals surface area contributed by atoms with Gasteiger partial charge < -0.3 is 16.0 Å². The fraction of sp³-hybridized carbons (Fsp3) is 0.529. The molecule has 5 nitrogen and oxygen atoms in total. The minimum absolute atomic E-state index is 0.0524. The van der Waals surface area contributed by atoms with Crippen LogP contribution in [0.3, 0.4) is 0 Å². The second-order valence-electron chi connectivity index (χ2n) is 6.21. The first-order chi connectivity index (χ1) is 11.0. The summed E-state index contributed by atoms with van der Waals surface area (Å²) in [4.78, 5) is 24.5. The predicted octanol–water partition coefficient (Wildman–Crippen LogP) is 1.45. The van der Waals surface area contributed by atoms with Gasteiger partial charge in [0.1, 0.15) is 11.9 Å². The third-order valence-electron chi connectivity index (χ3n) is 4.04. The fourth-order valence-corrected chi connectivity index (χ4v) is 2.66. The molecule has 6 heteroatoms. The Kier molecular flexibility index (Phi) is 6.10. The van der Waals surface area contributed by atoms with Crippen molar-refractivity contribution in [3.05, 3.63) is 35.6 Å². The molecule has 1 fully saturated rings. The summed E-state index contributed by atoms with van der Waals surface area (Å²) in [5.74, 6) is -1.50. The largest absolute Gasteiger partial charge is 0.353 e. The average Bonchev–Trinajstić information content (AvgIpc) is 3.03. The number of carbonyl (C=O) groups is 2. The smallest absolute Gasteiger partial charge is 0.254 e. The Labute approximate surface area is 136 Å². The van der Waals surface area contributed by atoms with Gasteiger partial charge in [0, 0.05) is 12.6 Å². The molecular weight excluding hydrogens is 297 g/mol. The van der Waals surface area contributed by atoms with E-state index in [1.54, 1.807) is 6.07 Å². The van der Waals surface area contributed by atoms with Crippen LogP contribution in [0.1, 0.15) is 37.0 Å². The van der Waals surface area contributed by atoms with Crippen LogP contribution in [0.2, 0.25) is 0 Å². The highest BCUT2D eigenvalue weighted by atomic mass is 19.1. The van der Waals surface area contributed by atoms with E-state index in [4.69, 9.17) is 0 Å². The van der Waals surface area contributed by atoms with E-state index in [0.29, 0.717) is 6.54 Å². The van der Waals surface area contributed by atoms with Crippen molar-refractivity contribution >= 4 is 11.8 Å². The molecule has 0 radical (unpaired) electrons. The van der Waals surface area contributed by atoms with E-state index in [1.165, 1.54) is 18.2 Å². The number of hydrogen-bond donors (Lipinski definition) is 3. The SMILES string of the molecule is CC(C)C(NC(=O)c1ccccc1F)C(=O)NCC1CCCN1. The Morgan fingerprint density at radius 3 is 2.70 bits per heavy atom. The van der Waals surface area contributed by atoms with Gasteiger partial charge in [-0.05, 0) is 37.4 Å². The second-order valence-corrected chi connectivity index (χ2v) is 6.21. The third kappa shape index (κ3) is 4.76. The van der Waals surface area contributed by atoms with Crippen LogP contribution in [-0.2, 0) is 4.79 Å². The van der Waals surface area contributed by atoms with Gasteiger partial charge in [0.05, 0.1) is 5.56 Å². The molecule has 1 heterocycles. The number of nitrogens with one attached hydrogen (secondary N) is 3. The summed E-state index contributed by atoms with van der Waals surface area (Å²) in [6, 6.07) is 5.34. The number of rotatable bonds is 6. The monoisotopic (exact) mass is 321 g/mol. The van der Waals surface area contributed by atoms with Crippen molar-refractivity contribution in [2.75, 3.05) is 13.1 Å². The van der Waals surface area contributed by atoms with E-state index in [-0.39, 0.29) is 23.4 Å². The Hall–Kier alpha value is -1.95. The summed E-state index contributed by atoms with van der Waals surface area (Å²) in [5.41, 5.74) is -0.0524.